The smallest absolute Gasteiger partial charge is 0.200 e. The first-order chi connectivity index (χ1) is 8.62. The first kappa shape index (κ1) is 14.3. The van der Waals surface area contributed by atoms with E-state index in [1.54, 1.807) is 12.1 Å². The van der Waals surface area contributed by atoms with Crippen LogP contribution in [0, 0.1) is 0 Å². The highest BCUT2D eigenvalue weighted by molar-refractivity contribution is 5.61. The molecule has 0 saturated carbocycles. The quantitative estimate of drug-likeness (QED) is 0.707. The van der Waals surface area contributed by atoms with Crippen LogP contribution in [0.15, 0.2) is 18.2 Å². The van der Waals surface area contributed by atoms with Gasteiger partial charge in [0.1, 0.15) is 0 Å². The van der Waals surface area contributed by atoms with E-state index in [0.29, 0.717) is 17.9 Å². The van der Waals surface area contributed by atoms with Crippen molar-refractivity contribution in [2.45, 2.75) is 12.5 Å². The summed E-state index contributed by atoms with van der Waals surface area (Å²) in [6, 6.07) is 3.12. The summed E-state index contributed by atoms with van der Waals surface area (Å²) < 4.78 is 10.1. The van der Waals surface area contributed by atoms with E-state index in [1.165, 1.54) is 14.2 Å². The van der Waals surface area contributed by atoms with E-state index in [9.17, 15) is 5.11 Å². The number of aromatic hydroxyl groups is 1. The lowest BCUT2D eigenvalue weighted by molar-refractivity contribution is 0.267. The lowest BCUT2D eigenvalue weighted by Gasteiger charge is -2.09. The first-order valence-corrected chi connectivity index (χ1v) is 5.60. The zero-order chi connectivity index (χ0) is 13.5. The number of benzene rings is 1. The number of aliphatic hydroxyl groups excluding tert-OH is 1. The Kier molecular flexibility index (Phi) is 5.48. The molecule has 0 heterocycles. The molecule has 18 heavy (non-hydrogen) atoms. The minimum Gasteiger partial charge on any atom is -0.502 e. The highest BCUT2D eigenvalue weighted by atomic mass is 16.5. The third kappa shape index (κ3) is 3.65. The number of hydrogen-bond donors (Lipinski definition) is 3. The van der Waals surface area contributed by atoms with Crippen LogP contribution in [0.1, 0.15) is 12.0 Å². The molecule has 0 aliphatic heterocycles. The lowest BCUT2D eigenvalue weighted by Crippen LogP contribution is -2.22. The predicted octanol–water partition coefficient (Wildman–Crippen LogP) is 1.13. The fraction of sp³-hybridized carbons (Fsp3) is 0.385. The molecule has 5 heteroatoms. The van der Waals surface area contributed by atoms with Crippen molar-refractivity contribution in [2.75, 3.05) is 20.8 Å². The molecule has 0 aliphatic carbocycles. The van der Waals surface area contributed by atoms with Crippen LogP contribution in [-0.4, -0.2) is 37.1 Å². The number of methoxy groups -OCH3 is 2. The predicted molar refractivity (Wildman–Crippen MR) is 69.9 cm³/mol. The molecule has 1 rings (SSSR count). The SMILES string of the molecule is COc1cc(/C=C/CC(N)CO)cc(OC)c1O. The normalized spacial score (nSPS) is 12.7. The van der Waals surface area contributed by atoms with E-state index in [-0.39, 0.29) is 18.4 Å². The average Bonchev–Trinajstić information content (AvgIpc) is 2.39. The summed E-state index contributed by atoms with van der Waals surface area (Å²) in [6.07, 6.45) is 4.26. The molecule has 0 saturated heterocycles. The summed E-state index contributed by atoms with van der Waals surface area (Å²) in [5, 5.41) is 18.5. The molecule has 0 aliphatic rings. The van der Waals surface area contributed by atoms with Crippen molar-refractivity contribution in [3.8, 4) is 17.2 Å². The maximum absolute atomic E-state index is 9.74. The van der Waals surface area contributed by atoms with E-state index in [4.69, 9.17) is 20.3 Å². The van der Waals surface area contributed by atoms with Crippen LogP contribution in [0.5, 0.6) is 17.2 Å². The second kappa shape index (κ2) is 6.88. The number of hydrogen-bond acceptors (Lipinski definition) is 5. The van der Waals surface area contributed by atoms with Gasteiger partial charge in [0.2, 0.25) is 5.75 Å². The second-order valence-corrected chi connectivity index (χ2v) is 3.85. The maximum atomic E-state index is 9.74. The number of rotatable bonds is 6. The molecule has 100 valence electrons. The highest BCUT2D eigenvalue weighted by Gasteiger charge is 2.09. The van der Waals surface area contributed by atoms with Gasteiger partial charge >= 0.3 is 0 Å². The number of phenols is 1. The largest absolute Gasteiger partial charge is 0.502 e. The van der Waals surface area contributed by atoms with Crippen molar-refractivity contribution in [1.29, 1.82) is 0 Å². The fourth-order valence-corrected chi connectivity index (χ4v) is 1.46. The molecule has 0 amide bonds. The van der Waals surface area contributed by atoms with Gasteiger partial charge in [-0.2, -0.15) is 0 Å². The summed E-state index contributed by atoms with van der Waals surface area (Å²) in [7, 11) is 2.95. The minimum atomic E-state index is -0.262. The molecule has 0 aromatic heterocycles. The molecule has 0 spiro atoms. The summed E-state index contributed by atoms with van der Waals surface area (Å²) >= 11 is 0. The van der Waals surface area contributed by atoms with Crippen LogP contribution in [0.25, 0.3) is 6.08 Å². The van der Waals surface area contributed by atoms with Gasteiger partial charge in [0, 0.05) is 6.04 Å². The van der Waals surface area contributed by atoms with Crippen LogP contribution >= 0.6 is 0 Å². The Labute approximate surface area is 106 Å². The van der Waals surface area contributed by atoms with Crippen LogP contribution in [0.3, 0.4) is 0 Å². The van der Waals surface area contributed by atoms with Crippen molar-refractivity contribution in [3.05, 3.63) is 23.8 Å². The summed E-state index contributed by atoms with van der Waals surface area (Å²) in [5.41, 5.74) is 6.41. The van der Waals surface area contributed by atoms with Crippen molar-refractivity contribution < 1.29 is 19.7 Å². The number of nitrogens with two attached hydrogens (primary N) is 1. The monoisotopic (exact) mass is 253 g/mol. The van der Waals surface area contributed by atoms with Gasteiger partial charge in [-0.1, -0.05) is 12.2 Å². The first-order valence-electron chi connectivity index (χ1n) is 5.60. The van der Waals surface area contributed by atoms with Gasteiger partial charge in [0.15, 0.2) is 11.5 Å². The fourth-order valence-electron chi connectivity index (χ4n) is 1.46. The van der Waals surface area contributed by atoms with Gasteiger partial charge in [-0.15, -0.1) is 0 Å². The van der Waals surface area contributed by atoms with Gasteiger partial charge in [-0.3, -0.25) is 0 Å². The Hall–Kier alpha value is -1.72. The molecule has 1 unspecified atom stereocenters. The van der Waals surface area contributed by atoms with Gasteiger partial charge in [0.25, 0.3) is 0 Å². The lowest BCUT2D eigenvalue weighted by atomic mass is 10.1. The third-order valence-electron chi connectivity index (χ3n) is 2.49. The van der Waals surface area contributed by atoms with Crippen LogP contribution in [0.4, 0.5) is 0 Å². The Balaban J connectivity index is 2.89. The summed E-state index contributed by atoms with van der Waals surface area (Å²) in [6.45, 7) is -0.0490. The Morgan fingerprint density at radius 2 is 1.83 bits per heavy atom. The topological polar surface area (TPSA) is 84.9 Å². The standard InChI is InChI=1S/C13H19NO4/c1-17-11-6-9(4-3-5-10(14)8-15)7-12(18-2)13(11)16/h3-4,6-7,10,15-16H,5,8,14H2,1-2H3/b4-3+. The number of aliphatic hydroxyl groups is 1. The van der Waals surface area contributed by atoms with Gasteiger partial charge in [0.05, 0.1) is 20.8 Å². The second-order valence-electron chi connectivity index (χ2n) is 3.85. The molecule has 1 aromatic rings. The number of ether oxygens (including phenoxy) is 2. The third-order valence-corrected chi connectivity index (χ3v) is 2.49. The van der Waals surface area contributed by atoms with Crippen LogP contribution in [-0.2, 0) is 0 Å². The maximum Gasteiger partial charge on any atom is 0.200 e. The Morgan fingerprint density at radius 1 is 1.28 bits per heavy atom. The van der Waals surface area contributed by atoms with E-state index in [1.807, 2.05) is 12.2 Å². The van der Waals surface area contributed by atoms with Crippen molar-refractivity contribution in [2.24, 2.45) is 5.73 Å². The number of phenolic OH excluding ortho intramolecular Hbond substituents is 1. The van der Waals surface area contributed by atoms with Crippen LogP contribution in [0.2, 0.25) is 0 Å². The van der Waals surface area contributed by atoms with Crippen LogP contribution < -0.4 is 15.2 Å². The summed E-state index contributed by atoms with van der Waals surface area (Å²) in [4.78, 5) is 0. The summed E-state index contributed by atoms with van der Waals surface area (Å²) in [5.74, 6) is 0.671. The van der Waals surface area contributed by atoms with E-state index in [2.05, 4.69) is 0 Å². The van der Waals surface area contributed by atoms with Crippen molar-refractivity contribution in [1.82, 2.24) is 0 Å². The van der Waals surface area contributed by atoms with Gasteiger partial charge < -0.3 is 25.4 Å². The molecule has 0 radical (unpaired) electrons. The molecule has 5 nitrogen and oxygen atoms in total. The molecule has 0 fully saturated rings. The Morgan fingerprint density at radius 3 is 2.28 bits per heavy atom. The zero-order valence-electron chi connectivity index (χ0n) is 10.6. The molecular formula is C13H19NO4. The molecule has 4 N–H and O–H groups in total. The van der Waals surface area contributed by atoms with E-state index in [0.717, 1.165) is 5.56 Å². The Bertz CT molecular complexity index is 392. The molecule has 1 aromatic carbocycles. The molecular weight excluding hydrogens is 234 g/mol. The van der Waals surface area contributed by atoms with Crippen molar-refractivity contribution >= 4 is 6.08 Å². The molecule has 0 bridgehead atoms. The highest BCUT2D eigenvalue weighted by Crippen LogP contribution is 2.37. The van der Waals surface area contributed by atoms with Gasteiger partial charge in [-0.05, 0) is 24.1 Å². The molecule has 1 atom stereocenters. The van der Waals surface area contributed by atoms with Gasteiger partial charge in [-0.25, -0.2) is 0 Å². The zero-order valence-corrected chi connectivity index (χ0v) is 10.6. The average molecular weight is 253 g/mol. The van der Waals surface area contributed by atoms with E-state index < -0.39 is 0 Å². The minimum absolute atomic E-state index is 0.0239. The van der Waals surface area contributed by atoms with E-state index >= 15 is 0 Å². The van der Waals surface area contributed by atoms with Crippen molar-refractivity contribution in [3.63, 3.8) is 0 Å².